The maximum absolute atomic E-state index is 13.8. The minimum absolute atomic E-state index is 0.0156. The van der Waals surface area contributed by atoms with E-state index in [0.717, 1.165) is 6.07 Å². The molecule has 0 amide bonds. The van der Waals surface area contributed by atoms with E-state index in [1.54, 1.807) is 0 Å². The average Bonchev–Trinajstić information content (AvgIpc) is 2.51. The highest BCUT2D eigenvalue weighted by atomic mass is 35.5. The zero-order valence-corrected chi connectivity index (χ0v) is 14.4. The molecule has 0 heterocycles. The number of halogens is 2. The van der Waals surface area contributed by atoms with Gasteiger partial charge >= 0.3 is 5.97 Å². The van der Waals surface area contributed by atoms with Gasteiger partial charge in [0.2, 0.25) is 0 Å². The molecule has 0 fully saturated rings. The van der Waals surface area contributed by atoms with Crippen LogP contribution in [0.5, 0.6) is 17.2 Å². The first-order valence-electron chi connectivity index (χ1n) is 6.91. The lowest BCUT2D eigenvalue weighted by Crippen LogP contribution is -2.03. The predicted octanol–water partition coefficient (Wildman–Crippen LogP) is 3.99. The van der Waals surface area contributed by atoms with Crippen molar-refractivity contribution in [2.45, 2.75) is 18.7 Å². The Morgan fingerprint density at radius 1 is 1.17 bits per heavy atom. The van der Waals surface area contributed by atoms with Crippen molar-refractivity contribution in [2.75, 3.05) is 5.75 Å². The molecule has 0 bridgehead atoms. The van der Waals surface area contributed by atoms with Gasteiger partial charge in [0.1, 0.15) is 11.5 Å². The summed E-state index contributed by atoms with van der Waals surface area (Å²) in [5, 5.41) is 0.0156. The van der Waals surface area contributed by atoms with Gasteiger partial charge in [-0.15, -0.1) is 0 Å². The maximum Gasteiger partial charge on any atom is 0.308 e. The molecule has 0 spiro atoms. The average molecular weight is 373 g/mol. The number of hydrogen-bond donors (Lipinski definition) is 0. The van der Waals surface area contributed by atoms with Gasteiger partial charge in [-0.1, -0.05) is 18.5 Å². The molecule has 2 aromatic carbocycles. The lowest BCUT2D eigenvalue weighted by Gasteiger charge is -2.11. The molecule has 0 unspecified atom stereocenters. The van der Waals surface area contributed by atoms with Crippen molar-refractivity contribution in [2.24, 2.45) is 0 Å². The van der Waals surface area contributed by atoms with Crippen LogP contribution in [0.25, 0.3) is 0 Å². The van der Waals surface area contributed by atoms with Crippen molar-refractivity contribution in [3.05, 3.63) is 47.2 Å². The number of carbonyl (C=O) groups is 1. The minimum atomic E-state index is -3.41. The van der Waals surface area contributed by atoms with Gasteiger partial charge in [-0.05, 0) is 30.3 Å². The van der Waals surface area contributed by atoms with E-state index in [-0.39, 0.29) is 32.9 Å². The molecule has 5 nitrogen and oxygen atoms in total. The Hall–Kier alpha value is -2.12. The topological polar surface area (TPSA) is 69.7 Å². The normalized spacial score (nSPS) is 11.2. The lowest BCUT2D eigenvalue weighted by atomic mass is 10.3. The molecule has 128 valence electrons. The van der Waals surface area contributed by atoms with Gasteiger partial charge in [0.25, 0.3) is 0 Å². The first-order chi connectivity index (χ1) is 11.2. The van der Waals surface area contributed by atoms with Crippen LogP contribution in [0.4, 0.5) is 4.39 Å². The summed E-state index contributed by atoms with van der Waals surface area (Å²) in [5.74, 6) is -1.33. The summed E-state index contributed by atoms with van der Waals surface area (Å²) in [7, 11) is -3.41. The molecule has 0 N–H and O–H groups in total. The molecule has 2 aromatic rings. The Balaban J connectivity index is 2.33. The summed E-state index contributed by atoms with van der Waals surface area (Å²) in [6.07, 6.45) is 0. The van der Waals surface area contributed by atoms with Crippen LogP contribution >= 0.6 is 11.6 Å². The number of benzene rings is 2. The first-order valence-corrected chi connectivity index (χ1v) is 8.94. The molecule has 0 aliphatic carbocycles. The zero-order valence-electron chi connectivity index (χ0n) is 12.9. The minimum Gasteiger partial charge on any atom is -0.453 e. The van der Waals surface area contributed by atoms with Gasteiger partial charge in [0.05, 0.1) is 15.7 Å². The van der Waals surface area contributed by atoms with Crippen LogP contribution in [-0.2, 0) is 14.6 Å². The summed E-state index contributed by atoms with van der Waals surface area (Å²) in [6, 6.07) is 7.46. The standard InChI is InChI=1S/C16H14ClFO5S/c1-3-24(20,21)12-5-7-15(13(17)9-12)23-16-8-11(22-10(2)19)4-6-14(16)18/h4-9H,3H2,1-2H3. The number of ether oxygens (including phenoxy) is 2. The van der Waals surface area contributed by atoms with E-state index >= 15 is 0 Å². The summed E-state index contributed by atoms with van der Waals surface area (Å²) in [6.45, 7) is 2.73. The van der Waals surface area contributed by atoms with E-state index in [1.165, 1.54) is 44.2 Å². The summed E-state index contributed by atoms with van der Waals surface area (Å²) >= 11 is 6.02. The van der Waals surface area contributed by atoms with Gasteiger partial charge < -0.3 is 9.47 Å². The molecule has 0 aromatic heterocycles. The van der Waals surface area contributed by atoms with Gasteiger partial charge in [0, 0.05) is 13.0 Å². The number of rotatable bonds is 5. The summed E-state index contributed by atoms with van der Waals surface area (Å²) < 4.78 is 47.7. The molecule has 0 saturated carbocycles. The third-order valence-electron chi connectivity index (χ3n) is 3.03. The van der Waals surface area contributed by atoms with Crippen molar-refractivity contribution in [3.63, 3.8) is 0 Å². The van der Waals surface area contributed by atoms with Gasteiger partial charge in [-0.25, -0.2) is 12.8 Å². The Morgan fingerprint density at radius 3 is 2.46 bits per heavy atom. The Kier molecular flexibility index (Phi) is 5.46. The van der Waals surface area contributed by atoms with Crippen molar-refractivity contribution in [3.8, 4) is 17.2 Å². The number of sulfone groups is 1. The molecular formula is C16H14ClFO5S. The van der Waals surface area contributed by atoms with Crippen LogP contribution in [-0.4, -0.2) is 20.1 Å². The molecule has 0 aliphatic heterocycles. The largest absolute Gasteiger partial charge is 0.453 e. The van der Waals surface area contributed by atoms with Gasteiger partial charge in [-0.3, -0.25) is 4.79 Å². The Labute approximate surface area is 143 Å². The molecule has 24 heavy (non-hydrogen) atoms. The van der Waals surface area contributed by atoms with Crippen LogP contribution in [0.15, 0.2) is 41.3 Å². The van der Waals surface area contributed by atoms with Crippen LogP contribution in [0.3, 0.4) is 0 Å². The van der Waals surface area contributed by atoms with Crippen LogP contribution in [0, 0.1) is 5.82 Å². The maximum atomic E-state index is 13.8. The Bertz CT molecular complexity index is 880. The first kappa shape index (κ1) is 18.2. The molecule has 0 radical (unpaired) electrons. The second-order valence-electron chi connectivity index (χ2n) is 4.78. The fraction of sp³-hybridized carbons (Fsp3) is 0.188. The summed E-state index contributed by atoms with van der Waals surface area (Å²) in [5.41, 5.74) is 0. The predicted molar refractivity (Wildman–Crippen MR) is 87.0 cm³/mol. The zero-order chi connectivity index (χ0) is 17.9. The molecule has 2 rings (SSSR count). The van der Waals surface area contributed by atoms with Crippen LogP contribution in [0.2, 0.25) is 5.02 Å². The monoisotopic (exact) mass is 372 g/mol. The Morgan fingerprint density at radius 2 is 1.88 bits per heavy atom. The summed E-state index contributed by atoms with van der Waals surface area (Å²) in [4.78, 5) is 11.0. The van der Waals surface area contributed by atoms with E-state index in [4.69, 9.17) is 21.1 Å². The van der Waals surface area contributed by atoms with Crippen molar-refractivity contribution in [1.29, 1.82) is 0 Å². The third-order valence-corrected chi connectivity index (χ3v) is 5.05. The van der Waals surface area contributed by atoms with Crippen LogP contribution < -0.4 is 9.47 Å². The van der Waals surface area contributed by atoms with E-state index in [0.29, 0.717) is 0 Å². The molecule has 0 saturated heterocycles. The molecular weight excluding hydrogens is 359 g/mol. The second kappa shape index (κ2) is 7.19. The molecule has 8 heteroatoms. The quantitative estimate of drug-likeness (QED) is 0.586. The number of carbonyl (C=O) groups excluding carboxylic acids is 1. The SMILES string of the molecule is CCS(=O)(=O)c1ccc(Oc2cc(OC(C)=O)ccc2F)c(Cl)c1. The highest BCUT2D eigenvalue weighted by Crippen LogP contribution is 2.34. The van der Waals surface area contributed by atoms with Crippen LogP contribution in [0.1, 0.15) is 13.8 Å². The smallest absolute Gasteiger partial charge is 0.308 e. The number of hydrogen-bond acceptors (Lipinski definition) is 5. The molecule has 0 atom stereocenters. The van der Waals surface area contributed by atoms with Gasteiger partial charge in [-0.2, -0.15) is 0 Å². The third kappa shape index (κ3) is 4.24. The van der Waals surface area contributed by atoms with Gasteiger partial charge in [0.15, 0.2) is 21.4 Å². The van der Waals surface area contributed by atoms with Crippen molar-refractivity contribution >= 4 is 27.4 Å². The highest BCUT2D eigenvalue weighted by Gasteiger charge is 2.16. The van der Waals surface area contributed by atoms with Crippen molar-refractivity contribution < 1.29 is 27.1 Å². The van der Waals surface area contributed by atoms with E-state index in [2.05, 4.69) is 0 Å². The fourth-order valence-corrected chi connectivity index (χ4v) is 3.02. The fourth-order valence-electron chi connectivity index (χ4n) is 1.83. The second-order valence-corrected chi connectivity index (χ2v) is 7.47. The molecule has 0 aliphatic rings. The van der Waals surface area contributed by atoms with E-state index in [1.807, 2.05) is 0 Å². The van der Waals surface area contributed by atoms with Crippen molar-refractivity contribution in [1.82, 2.24) is 0 Å². The number of esters is 1. The van der Waals surface area contributed by atoms with E-state index in [9.17, 15) is 17.6 Å². The van der Waals surface area contributed by atoms with E-state index < -0.39 is 21.6 Å². The lowest BCUT2D eigenvalue weighted by molar-refractivity contribution is -0.131. The highest BCUT2D eigenvalue weighted by molar-refractivity contribution is 7.91.